The summed E-state index contributed by atoms with van der Waals surface area (Å²) in [7, 11) is 0. The maximum Gasteiger partial charge on any atom is 0.344 e. The Balaban J connectivity index is 1.38. The Morgan fingerprint density at radius 3 is 2.72 bits per heavy atom. The van der Waals surface area contributed by atoms with Crippen molar-refractivity contribution in [1.82, 2.24) is 10.6 Å². The lowest BCUT2D eigenvalue weighted by molar-refractivity contribution is -0.150. The molecule has 9 nitrogen and oxygen atoms in total. The molecule has 1 aliphatic heterocycles. The van der Waals surface area contributed by atoms with Crippen LogP contribution in [0, 0.1) is 0 Å². The largest absolute Gasteiger partial charge is 0.483 e. The summed E-state index contributed by atoms with van der Waals surface area (Å²) in [4.78, 5) is 35.1. The molecule has 0 spiro atoms. The van der Waals surface area contributed by atoms with Gasteiger partial charge < -0.3 is 23.9 Å². The van der Waals surface area contributed by atoms with Crippen molar-refractivity contribution >= 4 is 17.9 Å². The van der Waals surface area contributed by atoms with Crippen molar-refractivity contribution in [1.29, 1.82) is 0 Å². The van der Waals surface area contributed by atoms with Gasteiger partial charge in [0.1, 0.15) is 11.4 Å². The molecular formula is C20H22N2O7. The zero-order valence-electron chi connectivity index (χ0n) is 16.2. The third-order valence-electron chi connectivity index (χ3n) is 4.02. The zero-order chi connectivity index (χ0) is 20.9. The van der Waals surface area contributed by atoms with Gasteiger partial charge in [0.15, 0.2) is 24.7 Å². The second-order valence-corrected chi connectivity index (χ2v) is 7.04. The summed E-state index contributed by atoms with van der Waals surface area (Å²) >= 11 is 0. The van der Waals surface area contributed by atoms with E-state index in [1.54, 1.807) is 18.2 Å². The molecular weight excluding hydrogens is 380 g/mol. The van der Waals surface area contributed by atoms with Gasteiger partial charge in [-0.05, 0) is 32.0 Å². The number of furan rings is 1. The normalized spacial score (nSPS) is 13.7. The highest BCUT2D eigenvalue weighted by atomic mass is 16.6. The molecule has 2 heterocycles. The van der Waals surface area contributed by atoms with Crippen molar-refractivity contribution in [2.75, 3.05) is 13.2 Å². The van der Waals surface area contributed by atoms with Gasteiger partial charge in [-0.2, -0.15) is 0 Å². The van der Waals surface area contributed by atoms with E-state index in [0.29, 0.717) is 17.3 Å². The second kappa shape index (κ2) is 8.68. The Morgan fingerprint density at radius 2 is 1.97 bits per heavy atom. The van der Waals surface area contributed by atoms with Gasteiger partial charge in [0, 0.05) is 12.0 Å². The fraction of sp³-hybridized carbons (Fsp3) is 0.350. The van der Waals surface area contributed by atoms with Crippen molar-refractivity contribution in [2.45, 2.75) is 32.4 Å². The van der Waals surface area contributed by atoms with Crippen molar-refractivity contribution in [2.24, 2.45) is 0 Å². The molecule has 0 radical (unpaired) electrons. The van der Waals surface area contributed by atoms with Crippen LogP contribution in [0.1, 0.15) is 25.2 Å². The number of amides is 3. The Kier molecular flexibility index (Phi) is 6.06. The van der Waals surface area contributed by atoms with E-state index in [0.717, 1.165) is 12.0 Å². The van der Waals surface area contributed by atoms with Crippen molar-refractivity contribution in [3.8, 4) is 11.5 Å². The number of para-hydroxylation sites is 1. The molecule has 3 rings (SSSR count). The van der Waals surface area contributed by atoms with Gasteiger partial charge in [-0.3, -0.25) is 10.1 Å². The molecule has 2 aromatic rings. The lowest BCUT2D eigenvalue weighted by Crippen LogP contribution is -2.41. The molecule has 0 unspecified atom stereocenters. The van der Waals surface area contributed by atoms with Crippen LogP contribution in [0.4, 0.5) is 4.79 Å². The monoisotopic (exact) mass is 402 g/mol. The predicted molar refractivity (Wildman–Crippen MR) is 100 cm³/mol. The van der Waals surface area contributed by atoms with Crippen LogP contribution in [0.3, 0.4) is 0 Å². The van der Waals surface area contributed by atoms with E-state index in [-0.39, 0.29) is 12.1 Å². The first-order chi connectivity index (χ1) is 13.8. The van der Waals surface area contributed by atoms with Crippen LogP contribution < -0.4 is 20.1 Å². The molecule has 154 valence electrons. The molecule has 1 aromatic carbocycles. The van der Waals surface area contributed by atoms with Crippen LogP contribution in [-0.2, 0) is 27.3 Å². The lowest BCUT2D eigenvalue weighted by Gasteiger charge is -2.18. The van der Waals surface area contributed by atoms with Crippen molar-refractivity contribution < 1.29 is 33.0 Å². The maximum absolute atomic E-state index is 11.8. The number of nitrogens with one attached hydrogen (secondary N) is 2. The molecule has 2 N–H and O–H groups in total. The second-order valence-electron chi connectivity index (χ2n) is 7.04. The van der Waals surface area contributed by atoms with E-state index in [1.807, 2.05) is 31.3 Å². The summed E-state index contributed by atoms with van der Waals surface area (Å²) in [6.07, 6.45) is 2.21. The molecule has 0 aliphatic carbocycles. The minimum atomic E-state index is -0.763. The van der Waals surface area contributed by atoms with Crippen LogP contribution >= 0.6 is 0 Å². The number of urea groups is 1. The van der Waals surface area contributed by atoms with E-state index >= 15 is 0 Å². The number of carbonyl (C=O) groups is 3. The van der Waals surface area contributed by atoms with E-state index in [4.69, 9.17) is 18.6 Å². The van der Waals surface area contributed by atoms with Crippen molar-refractivity contribution in [3.63, 3.8) is 0 Å². The van der Waals surface area contributed by atoms with E-state index in [2.05, 4.69) is 5.32 Å². The minimum Gasteiger partial charge on any atom is -0.483 e. The number of hydrogen-bond acceptors (Lipinski definition) is 7. The highest BCUT2D eigenvalue weighted by Crippen LogP contribution is 2.41. The molecule has 0 fully saturated rings. The van der Waals surface area contributed by atoms with Gasteiger partial charge in [0.25, 0.3) is 5.91 Å². The van der Waals surface area contributed by atoms with E-state index in [9.17, 15) is 14.4 Å². The third kappa shape index (κ3) is 5.74. The quantitative estimate of drug-likeness (QED) is 0.680. The van der Waals surface area contributed by atoms with Gasteiger partial charge in [-0.25, -0.2) is 9.59 Å². The van der Waals surface area contributed by atoms with Gasteiger partial charge in [-0.15, -0.1) is 0 Å². The highest BCUT2D eigenvalue weighted by molar-refractivity contribution is 5.95. The molecule has 0 saturated heterocycles. The van der Waals surface area contributed by atoms with E-state index < -0.39 is 31.1 Å². The fourth-order valence-electron chi connectivity index (χ4n) is 2.81. The summed E-state index contributed by atoms with van der Waals surface area (Å²) in [6.45, 7) is 3.06. The first kappa shape index (κ1) is 20.2. The summed E-state index contributed by atoms with van der Waals surface area (Å²) in [5, 5.41) is 4.48. The number of benzene rings is 1. The number of fused-ring (bicyclic) bond motifs is 1. The SMILES string of the molecule is CC1(C)Cc2cccc(OCC(=O)OCC(=O)NC(=O)NCc3ccco3)c2O1. The average molecular weight is 402 g/mol. The Morgan fingerprint density at radius 1 is 1.14 bits per heavy atom. The summed E-state index contributed by atoms with van der Waals surface area (Å²) in [5.74, 6) is 0.0750. The number of imide groups is 1. The molecule has 3 amide bonds. The number of hydrogen-bond donors (Lipinski definition) is 2. The molecule has 0 atom stereocenters. The maximum atomic E-state index is 11.8. The molecule has 1 aliphatic rings. The predicted octanol–water partition coefficient (Wildman–Crippen LogP) is 1.94. The first-order valence-corrected chi connectivity index (χ1v) is 9.02. The molecule has 9 heteroatoms. The summed E-state index contributed by atoms with van der Waals surface area (Å²) in [5.41, 5.74) is 0.665. The topological polar surface area (TPSA) is 116 Å². The first-order valence-electron chi connectivity index (χ1n) is 9.02. The van der Waals surface area contributed by atoms with Gasteiger partial charge in [0.05, 0.1) is 12.8 Å². The highest BCUT2D eigenvalue weighted by Gasteiger charge is 2.32. The van der Waals surface area contributed by atoms with Gasteiger partial charge in [0.2, 0.25) is 0 Å². The average Bonchev–Trinajstić information content (AvgIpc) is 3.29. The number of rotatable bonds is 7. The minimum absolute atomic E-state index is 0.125. The Hall–Kier alpha value is -3.49. The van der Waals surface area contributed by atoms with Crippen LogP contribution in [0.2, 0.25) is 0 Å². The van der Waals surface area contributed by atoms with Crippen LogP contribution in [0.5, 0.6) is 11.5 Å². The third-order valence-corrected chi connectivity index (χ3v) is 4.02. The van der Waals surface area contributed by atoms with Crippen molar-refractivity contribution in [3.05, 3.63) is 47.9 Å². The van der Waals surface area contributed by atoms with Crippen LogP contribution in [0.15, 0.2) is 41.0 Å². The zero-order valence-corrected chi connectivity index (χ0v) is 16.2. The summed E-state index contributed by atoms with van der Waals surface area (Å²) in [6, 6.07) is 8.09. The van der Waals surface area contributed by atoms with E-state index in [1.165, 1.54) is 6.26 Å². The summed E-state index contributed by atoms with van der Waals surface area (Å²) < 4.78 is 21.2. The molecule has 0 bridgehead atoms. The number of ether oxygens (including phenoxy) is 3. The number of esters is 1. The molecule has 29 heavy (non-hydrogen) atoms. The van der Waals surface area contributed by atoms with Crippen LogP contribution in [-0.4, -0.2) is 36.7 Å². The Bertz CT molecular complexity index is 890. The standard InChI is InChI=1S/C20H22N2O7/c1-20(2)9-13-5-3-7-15(18(13)29-20)27-12-17(24)28-11-16(23)22-19(25)21-10-14-6-4-8-26-14/h3-8H,9-12H2,1-2H3,(H2,21,22,23,25). The fourth-order valence-corrected chi connectivity index (χ4v) is 2.81. The Labute approximate surface area is 167 Å². The van der Waals surface area contributed by atoms with Crippen LogP contribution in [0.25, 0.3) is 0 Å². The molecule has 0 saturated carbocycles. The molecule has 1 aromatic heterocycles. The van der Waals surface area contributed by atoms with Gasteiger partial charge >= 0.3 is 12.0 Å². The number of carbonyl (C=O) groups excluding carboxylic acids is 3. The van der Waals surface area contributed by atoms with Gasteiger partial charge in [-0.1, -0.05) is 12.1 Å². The smallest absolute Gasteiger partial charge is 0.344 e. The lowest BCUT2D eigenvalue weighted by atomic mass is 10.0.